The molecule has 0 aliphatic carbocycles. The summed E-state index contributed by atoms with van der Waals surface area (Å²) in [5.74, 6) is -1.18. The molecular weight excluding hydrogens is 416 g/mol. The number of carbonyl (C=O) groups excluding carboxylic acids is 2. The van der Waals surface area contributed by atoms with Gasteiger partial charge in [0, 0.05) is 0 Å². The molecular formula is C20H23ClN2O5S. The molecule has 0 heterocycles. The number of rotatable bonds is 6. The normalized spacial score (nSPS) is 11.1. The molecule has 0 atom stereocenters. The lowest BCUT2D eigenvalue weighted by Gasteiger charge is -2.26. The van der Waals surface area contributed by atoms with E-state index in [1.165, 1.54) is 25.3 Å². The molecule has 0 aliphatic rings. The molecule has 0 aromatic heterocycles. The van der Waals surface area contributed by atoms with Crippen molar-refractivity contribution in [2.75, 3.05) is 29.5 Å². The van der Waals surface area contributed by atoms with Crippen molar-refractivity contribution in [1.82, 2.24) is 0 Å². The lowest BCUT2D eigenvalue weighted by molar-refractivity contribution is -0.114. The van der Waals surface area contributed by atoms with Crippen molar-refractivity contribution >= 4 is 44.9 Å². The van der Waals surface area contributed by atoms with Crippen molar-refractivity contribution in [1.29, 1.82) is 0 Å². The number of nitrogens with one attached hydrogen (secondary N) is 1. The molecule has 0 fully saturated rings. The van der Waals surface area contributed by atoms with Crippen molar-refractivity contribution < 1.29 is 22.7 Å². The molecule has 29 heavy (non-hydrogen) atoms. The first-order valence-electron chi connectivity index (χ1n) is 8.67. The van der Waals surface area contributed by atoms with E-state index in [2.05, 4.69) is 10.1 Å². The van der Waals surface area contributed by atoms with E-state index in [9.17, 15) is 18.0 Å². The number of sulfonamides is 1. The van der Waals surface area contributed by atoms with E-state index in [1.807, 2.05) is 19.1 Å². The number of anilines is 2. The number of hydrogen-bond acceptors (Lipinski definition) is 5. The summed E-state index contributed by atoms with van der Waals surface area (Å²) >= 11 is 6.10. The fraction of sp³-hybridized carbons (Fsp3) is 0.300. The topological polar surface area (TPSA) is 92.8 Å². The minimum absolute atomic E-state index is 0.186. The zero-order valence-corrected chi connectivity index (χ0v) is 18.4. The molecule has 0 spiro atoms. The molecule has 0 bridgehead atoms. The van der Waals surface area contributed by atoms with Gasteiger partial charge in [-0.1, -0.05) is 29.3 Å². The van der Waals surface area contributed by atoms with Gasteiger partial charge < -0.3 is 10.1 Å². The number of ether oxygens (including phenoxy) is 1. The quantitative estimate of drug-likeness (QED) is 0.697. The van der Waals surface area contributed by atoms with E-state index in [0.717, 1.165) is 27.3 Å². The predicted octanol–water partition coefficient (Wildman–Crippen LogP) is 3.46. The third kappa shape index (κ3) is 5.48. The Morgan fingerprint density at radius 2 is 1.69 bits per heavy atom. The minimum atomic E-state index is -3.73. The first-order chi connectivity index (χ1) is 13.4. The molecule has 0 unspecified atom stereocenters. The Labute approximate surface area is 175 Å². The lowest BCUT2D eigenvalue weighted by atomic mass is 10.1. The van der Waals surface area contributed by atoms with E-state index >= 15 is 0 Å². The Hall–Kier alpha value is -2.58. The standard InChI is InChI=1S/C20H23ClN2O5S/c1-12-8-13(2)19(14(3)9-12)23(29(5,26)27)11-18(24)22-17-10-15(20(25)28-4)6-7-16(17)21/h6-10H,11H2,1-5H3,(H,22,24). The summed E-state index contributed by atoms with van der Waals surface area (Å²) in [7, 11) is -2.49. The van der Waals surface area contributed by atoms with Gasteiger partial charge in [-0.15, -0.1) is 0 Å². The first kappa shape index (κ1) is 22.7. The zero-order chi connectivity index (χ0) is 21.9. The van der Waals surface area contributed by atoms with Gasteiger partial charge in [0.1, 0.15) is 6.54 Å². The van der Waals surface area contributed by atoms with E-state index in [-0.39, 0.29) is 16.3 Å². The van der Waals surface area contributed by atoms with Crippen LogP contribution in [0.5, 0.6) is 0 Å². The number of aryl methyl sites for hydroxylation is 3. The summed E-state index contributed by atoms with van der Waals surface area (Å²) in [5, 5.41) is 2.78. The lowest BCUT2D eigenvalue weighted by Crippen LogP contribution is -2.38. The van der Waals surface area contributed by atoms with Crippen LogP contribution in [-0.4, -0.2) is 40.2 Å². The number of benzene rings is 2. The Morgan fingerprint density at radius 3 is 2.21 bits per heavy atom. The third-order valence-corrected chi connectivity index (χ3v) is 5.68. The van der Waals surface area contributed by atoms with Crippen LogP contribution < -0.4 is 9.62 Å². The van der Waals surface area contributed by atoms with Crippen molar-refractivity contribution in [3.05, 3.63) is 57.6 Å². The van der Waals surface area contributed by atoms with E-state index in [1.54, 1.807) is 13.8 Å². The smallest absolute Gasteiger partial charge is 0.337 e. The van der Waals surface area contributed by atoms with E-state index < -0.39 is 28.4 Å². The number of nitrogens with zero attached hydrogens (tertiary/aromatic N) is 1. The number of amides is 1. The number of carbonyl (C=O) groups is 2. The first-order valence-corrected chi connectivity index (χ1v) is 10.9. The van der Waals surface area contributed by atoms with Gasteiger partial charge in [0.25, 0.3) is 0 Å². The summed E-state index contributed by atoms with van der Waals surface area (Å²) in [4.78, 5) is 24.3. The van der Waals surface area contributed by atoms with Gasteiger partial charge in [0.05, 0.1) is 35.3 Å². The summed E-state index contributed by atoms with van der Waals surface area (Å²) in [6, 6.07) is 8.00. The summed E-state index contributed by atoms with van der Waals surface area (Å²) in [5.41, 5.74) is 3.33. The summed E-state index contributed by atoms with van der Waals surface area (Å²) in [6.45, 7) is 5.06. The Balaban J connectivity index is 2.35. The zero-order valence-electron chi connectivity index (χ0n) is 16.9. The number of hydrogen-bond donors (Lipinski definition) is 1. The van der Waals surface area contributed by atoms with E-state index in [4.69, 9.17) is 11.6 Å². The second kappa shape index (κ2) is 8.84. The summed E-state index contributed by atoms with van der Waals surface area (Å²) < 4.78 is 30.6. The van der Waals surface area contributed by atoms with Gasteiger partial charge in [-0.05, 0) is 50.1 Å². The van der Waals surface area contributed by atoms with Crippen LogP contribution in [0.1, 0.15) is 27.0 Å². The van der Waals surface area contributed by atoms with Crippen LogP contribution in [0.15, 0.2) is 30.3 Å². The van der Waals surface area contributed by atoms with Gasteiger partial charge in [0.15, 0.2) is 0 Å². The van der Waals surface area contributed by atoms with Crippen LogP contribution in [0, 0.1) is 20.8 Å². The van der Waals surface area contributed by atoms with Crippen LogP contribution >= 0.6 is 11.6 Å². The molecule has 7 nitrogen and oxygen atoms in total. The van der Waals surface area contributed by atoms with Crippen LogP contribution in [0.25, 0.3) is 0 Å². The number of esters is 1. The van der Waals surface area contributed by atoms with Gasteiger partial charge in [0.2, 0.25) is 15.9 Å². The molecule has 0 saturated heterocycles. The highest BCUT2D eigenvalue weighted by Gasteiger charge is 2.24. The third-order valence-electron chi connectivity index (χ3n) is 4.23. The van der Waals surface area contributed by atoms with Crippen molar-refractivity contribution in [2.24, 2.45) is 0 Å². The fourth-order valence-electron chi connectivity index (χ4n) is 3.11. The molecule has 2 aromatic rings. The van der Waals surface area contributed by atoms with Gasteiger partial charge >= 0.3 is 5.97 Å². The van der Waals surface area contributed by atoms with Crippen LogP contribution in [0.4, 0.5) is 11.4 Å². The molecule has 2 aromatic carbocycles. The molecule has 1 N–H and O–H groups in total. The van der Waals surface area contributed by atoms with Crippen molar-refractivity contribution in [3.8, 4) is 0 Å². The highest BCUT2D eigenvalue weighted by Crippen LogP contribution is 2.29. The van der Waals surface area contributed by atoms with Crippen molar-refractivity contribution in [2.45, 2.75) is 20.8 Å². The predicted molar refractivity (Wildman–Crippen MR) is 114 cm³/mol. The maximum atomic E-state index is 12.6. The molecule has 2 rings (SSSR count). The monoisotopic (exact) mass is 438 g/mol. The Bertz CT molecular complexity index is 1040. The average molecular weight is 439 g/mol. The highest BCUT2D eigenvalue weighted by atomic mass is 35.5. The van der Waals surface area contributed by atoms with Crippen molar-refractivity contribution in [3.63, 3.8) is 0 Å². The maximum Gasteiger partial charge on any atom is 0.337 e. The van der Waals surface area contributed by atoms with Crippen LogP contribution in [0.2, 0.25) is 5.02 Å². The number of halogens is 1. The maximum absolute atomic E-state index is 12.6. The van der Waals surface area contributed by atoms with E-state index in [0.29, 0.717) is 5.69 Å². The molecule has 9 heteroatoms. The molecule has 0 radical (unpaired) electrons. The van der Waals surface area contributed by atoms with Gasteiger partial charge in [-0.25, -0.2) is 13.2 Å². The molecule has 1 amide bonds. The molecule has 156 valence electrons. The second-order valence-electron chi connectivity index (χ2n) is 6.75. The SMILES string of the molecule is COC(=O)c1ccc(Cl)c(NC(=O)CN(c2c(C)cc(C)cc2C)S(C)(=O)=O)c1. The fourth-order valence-corrected chi connectivity index (χ4v) is 4.25. The van der Waals surface area contributed by atoms with Crippen LogP contribution in [-0.2, 0) is 19.6 Å². The Morgan fingerprint density at radius 1 is 1.10 bits per heavy atom. The van der Waals surface area contributed by atoms with Crippen LogP contribution in [0.3, 0.4) is 0 Å². The summed E-state index contributed by atoms with van der Waals surface area (Å²) in [6.07, 6.45) is 1.05. The Kier molecular flexibility index (Phi) is 6.92. The van der Waals surface area contributed by atoms with Gasteiger partial charge in [-0.3, -0.25) is 9.10 Å². The molecule has 0 aliphatic heterocycles. The van der Waals surface area contributed by atoms with Gasteiger partial charge in [-0.2, -0.15) is 0 Å². The highest BCUT2D eigenvalue weighted by molar-refractivity contribution is 7.92. The largest absolute Gasteiger partial charge is 0.465 e. The average Bonchev–Trinajstić information content (AvgIpc) is 2.60. The molecule has 0 saturated carbocycles. The number of methoxy groups -OCH3 is 1. The minimum Gasteiger partial charge on any atom is -0.465 e. The second-order valence-corrected chi connectivity index (χ2v) is 9.07.